The van der Waals surface area contributed by atoms with Crippen molar-refractivity contribution in [3.05, 3.63) is 29.8 Å². The number of hydrogen-bond acceptors (Lipinski definition) is 4. The Labute approximate surface area is 125 Å². The van der Waals surface area contributed by atoms with E-state index < -0.39 is 10.0 Å². The van der Waals surface area contributed by atoms with Crippen LogP contribution < -0.4 is 10.5 Å². The third-order valence-electron chi connectivity index (χ3n) is 3.76. The SMILES string of the molecule is COC1(CNS(=O)(=O)c2cccc(C#CCN)c2)CCC1. The molecule has 1 saturated carbocycles. The largest absolute Gasteiger partial charge is 0.377 e. The van der Waals surface area contributed by atoms with E-state index in [2.05, 4.69) is 16.6 Å². The number of ether oxygens (including phenoxy) is 1. The molecule has 5 nitrogen and oxygen atoms in total. The summed E-state index contributed by atoms with van der Waals surface area (Å²) >= 11 is 0. The monoisotopic (exact) mass is 308 g/mol. The summed E-state index contributed by atoms with van der Waals surface area (Å²) < 4.78 is 32.7. The lowest BCUT2D eigenvalue weighted by atomic mass is 9.80. The van der Waals surface area contributed by atoms with Crippen molar-refractivity contribution in [1.82, 2.24) is 4.72 Å². The summed E-state index contributed by atoms with van der Waals surface area (Å²) in [6.45, 7) is 0.538. The summed E-state index contributed by atoms with van der Waals surface area (Å²) in [5, 5.41) is 0. The molecule has 0 bridgehead atoms. The van der Waals surface area contributed by atoms with E-state index in [1.165, 1.54) is 0 Å². The fraction of sp³-hybridized carbons (Fsp3) is 0.467. The van der Waals surface area contributed by atoms with E-state index in [1.807, 2.05) is 0 Å². The number of methoxy groups -OCH3 is 1. The van der Waals surface area contributed by atoms with Gasteiger partial charge in [0.15, 0.2) is 0 Å². The van der Waals surface area contributed by atoms with E-state index >= 15 is 0 Å². The minimum Gasteiger partial charge on any atom is -0.377 e. The lowest BCUT2D eigenvalue weighted by Crippen LogP contribution is -2.49. The molecule has 0 unspecified atom stereocenters. The van der Waals surface area contributed by atoms with Crippen LogP contribution in [0.1, 0.15) is 24.8 Å². The Morgan fingerprint density at radius 2 is 2.19 bits per heavy atom. The zero-order valence-corrected chi connectivity index (χ0v) is 12.9. The smallest absolute Gasteiger partial charge is 0.240 e. The van der Waals surface area contributed by atoms with Crippen LogP contribution in [0.15, 0.2) is 29.2 Å². The maximum Gasteiger partial charge on any atom is 0.240 e. The lowest BCUT2D eigenvalue weighted by molar-refractivity contribution is -0.0659. The highest BCUT2D eigenvalue weighted by atomic mass is 32.2. The zero-order valence-electron chi connectivity index (χ0n) is 12.1. The van der Waals surface area contributed by atoms with Crippen LogP contribution in [0.25, 0.3) is 0 Å². The second-order valence-corrected chi connectivity index (χ2v) is 6.87. The minimum atomic E-state index is -3.56. The van der Waals surface area contributed by atoms with Crippen molar-refractivity contribution in [3.8, 4) is 11.8 Å². The molecule has 0 aliphatic heterocycles. The van der Waals surface area contributed by atoms with Gasteiger partial charge in [0, 0.05) is 19.2 Å². The highest BCUT2D eigenvalue weighted by Crippen LogP contribution is 2.34. The highest BCUT2D eigenvalue weighted by molar-refractivity contribution is 7.89. The Bertz CT molecular complexity index is 649. The van der Waals surface area contributed by atoms with Crippen LogP contribution >= 0.6 is 0 Å². The highest BCUT2D eigenvalue weighted by Gasteiger charge is 2.38. The van der Waals surface area contributed by atoms with Gasteiger partial charge in [0.1, 0.15) is 0 Å². The first-order chi connectivity index (χ1) is 10.0. The molecule has 0 saturated heterocycles. The molecule has 1 aliphatic rings. The molecule has 0 spiro atoms. The number of nitrogens with two attached hydrogens (primary N) is 1. The third kappa shape index (κ3) is 3.83. The van der Waals surface area contributed by atoms with E-state index in [1.54, 1.807) is 31.4 Å². The van der Waals surface area contributed by atoms with Gasteiger partial charge in [-0.1, -0.05) is 17.9 Å². The Balaban J connectivity index is 2.12. The van der Waals surface area contributed by atoms with Gasteiger partial charge in [0.05, 0.1) is 17.0 Å². The van der Waals surface area contributed by atoms with E-state index in [0.717, 1.165) is 19.3 Å². The molecular formula is C15H20N2O3S. The number of rotatable bonds is 5. The molecule has 2 rings (SSSR count). The molecule has 0 amide bonds. The van der Waals surface area contributed by atoms with Crippen LogP contribution in [0.3, 0.4) is 0 Å². The lowest BCUT2D eigenvalue weighted by Gasteiger charge is -2.40. The summed E-state index contributed by atoms with van der Waals surface area (Å²) in [6, 6.07) is 6.52. The van der Waals surface area contributed by atoms with Crippen molar-refractivity contribution in [3.63, 3.8) is 0 Å². The number of benzene rings is 1. The van der Waals surface area contributed by atoms with E-state index in [4.69, 9.17) is 10.5 Å². The predicted molar refractivity (Wildman–Crippen MR) is 81.2 cm³/mol. The second kappa shape index (κ2) is 6.58. The molecule has 1 aliphatic carbocycles. The van der Waals surface area contributed by atoms with Crippen molar-refractivity contribution in [2.45, 2.75) is 29.8 Å². The summed E-state index contributed by atoms with van der Waals surface area (Å²) in [7, 11) is -1.93. The van der Waals surface area contributed by atoms with E-state index in [9.17, 15) is 8.42 Å². The summed E-state index contributed by atoms with van der Waals surface area (Å²) in [6.07, 6.45) is 2.84. The van der Waals surface area contributed by atoms with Gasteiger partial charge in [0.2, 0.25) is 10.0 Å². The molecule has 1 fully saturated rings. The fourth-order valence-electron chi connectivity index (χ4n) is 2.23. The van der Waals surface area contributed by atoms with Gasteiger partial charge in [-0.2, -0.15) is 0 Å². The quantitative estimate of drug-likeness (QED) is 0.790. The molecule has 3 N–H and O–H groups in total. The molecule has 1 aromatic rings. The van der Waals surface area contributed by atoms with Crippen LogP contribution in [0.2, 0.25) is 0 Å². The Kier molecular flexibility index (Phi) is 5.01. The van der Waals surface area contributed by atoms with Crippen LogP contribution in [-0.2, 0) is 14.8 Å². The van der Waals surface area contributed by atoms with Crippen molar-refractivity contribution < 1.29 is 13.2 Å². The van der Waals surface area contributed by atoms with Crippen LogP contribution in [0.5, 0.6) is 0 Å². The van der Waals surface area contributed by atoms with Crippen molar-refractivity contribution in [1.29, 1.82) is 0 Å². The normalized spacial score (nSPS) is 16.7. The first-order valence-electron chi connectivity index (χ1n) is 6.85. The molecule has 0 heterocycles. The molecule has 0 atom stereocenters. The van der Waals surface area contributed by atoms with Crippen molar-refractivity contribution in [2.24, 2.45) is 5.73 Å². The maximum absolute atomic E-state index is 12.3. The molecule has 1 aromatic carbocycles. The maximum atomic E-state index is 12.3. The molecule has 0 aromatic heterocycles. The number of nitrogens with one attached hydrogen (secondary N) is 1. The Hall–Kier alpha value is -1.39. The van der Waals surface area contributed by atoms with Crippen LogP contribution in [0.4, 0.5) is 0 Å². The van der Waals surface area contributed by atoms with Gasteiger partial charge in [0.25, 0.3) is 0 Å². The summed E-state index contributed by atoms with van der Waals surface area (Å²) in [5.41, 5.74) is 5.60. The van der Waals surface area contributed by atoms with Gasteiger partial charge < -0.3 is 10.5 Å². The number of sulfonamides is 1. The molecular weight excluding hydrogens is 288 g/mol. The average molecular weight is 308 g/mol. The standard InChI is InChI=1S/C15H20N2O3S/c1-20-15(8-4-9-15)12-17-21(18,19)14-7-2-5-13(11-14)6-3-10-16/h2,5,7,11,17H,4,8-10,12,16H2,1H3. The molecule has 6 heteroatoms. The van der Waals surface area contributed by atoms with Crippen LogP contribution in [-0.4, -0.2) is 34.2 Å². The van der Waals surface area contributed by atoms with Gasteiger partial charge >= 0.3 is 0 Å². The van der Waals surface area contributed by atoms with Crippen molar-refractivity contribution in [2.75, 3.05) is 20.2 Å². The summed E-state index contributed by atoms with van der Waals surface area (Å²) in [5.74, 6) is 5.54. The van der Waals surface area contributed by atoms with Gasteiger partial charge in [-0.25, -0.2) is 13.1 Å². The van der Waals surface area contributed by atoms with Gasteiger partial charge in [-0.3, -0.25) is 0 Å². The van der Waals surface area contributed by atoms with Gasteiger partial charge in [-0.15, -0.1) is 0 Å². The topological polar surface area (TPSA) is 81.4 Å². The van der Waals surface area contributed by atoms with Crippen LogP contribution in [0, 0.1) is 11.8 Å². The van der Waals surface area contributed by atoms with Gasteiger partial charge in [-0.05, 0) is 37.5 Å². The fourth-order valence-corrected chi connectivity index (χ4v) is 3.39. The van der Waals surface area contributed by atoms with E-state index in [0.29, 0.717) is 12.1 Å². The zero-order chi connectivity index (χ0) is 15.3. The Morgan fingerprint density at radius 1 is 1.43 bits per heavy atom. The Morgan fingerprint density at radius 3 is 2.76 bits per heavy atom. The third-order valence-corrected chi connectivity index (χ3v) is 5.16. The first kappa shape index (κ1) is 16.0. The summed E-state index contributed by atoms with van der Waals surface area (Å²) in [4.78, 5) is 0.205. The predicted octanol–water partition coefficient (Wildman–Crippen LogP) is 0.844. The molecule has 21 heavy (non-hydrogen) atoms. The average Bonchev–Trinajstić information content (AvgIpc) is 2.45. The van der Waals surface area contributed by atoms with Crippen molar-refractivity contribution >= 4 is 10.0 Å². The molecule has 0 radical (unpaired) electrons. The van der Waals surface area contributed by atoms with E-state index in [-0.39, 0.29) is 17.0 Å². The molecule has 114 valence electrons. The first-order valence-corrected chi connectivity index (χ1v) is 8.33. The minimum absolute atomic E-state index is 0.205. The number of hydrogen-bond donors (Lipinski definition) is 2. The second-order valence-electron chi connectivity index (χ2n) is 5.10.